The molecule has 2 aromatic rings. The van der Waals surface area contributed by atoms with Gasteiger partial charge >= 0.3 is 5.69 Å². The number of carbonyl (C=O) groups is 1. The van der Waals surface area contributed by atoms with Gasteiger partial charge in [-0.3, -0.25) is 19.9 Å². The lowest BCUT2D eigenvalue weighted by Gasteiger charge is -2.25. The van der Waals surface area contributed by atoms with Gasteiger partial charge in [-0.25, -0.2) is 0 Å². The minimum absolute atomic E-state index is 0.141. The number of benzene rings is 1. The van der Waals surface area contributed by atoms with Crippen LogP contribution in [0.15, 0.2) is 42.7 Å². The number of carbonyl (C=O) groups excluding carboxylic acids is 1. The standard InChI is InChI=1S/C15H15N3O4/c1-10(12-4-3-7-16-9-12)17(2)15(20)11-5-6-14(19)13(8-11)18(21)22/h3-10,19H,1-2H3/t10-/m1/s1. The third kappa shape index (κ3) is 3.03. The van der Waals surface area contributed by atoms with E-state index in [0.29, 0.717) is 0 Å². The molecule has 0 unspecified atom stereocenters. The Balaban J connectivity index is 2.28. The summed E-state index contributed by atoms with van der Waals surface area (Å²) in [5.74, 6) is -0.844. The first-order chi connectivity index (χ1) is 10.4. The number of pyridine rings is 1. The maximum absolute atomic E-state index is 12.4. The molecule has 2 rings (SSSR count). The molecular formula is C15H15N3O4. The van der Waals surface area contributed by atoms with Crippen LogP contribution < -0.4 is 0 Å². The maximum atomic E-state index is 12.4. The fraction of sp³-hybridized carbons (Fsp3) is 0.200. The van der Waals surface area contributed by atoms with Crippen molar-refractivity contribution in [1.82, 2.24) is 9.88 Å². The number of hydrogen-bond acceptors (Lipinski definition) is 5. The zero-order valence-corrected chi connectivity index (χ0v) is 12.1. The molecule has 0 radical (unpaired) electrons. The van der Waals surface area contributed by atoms with Crippen molar-refractivity contribution in [3.05, 3.63) is 64.0 Å². The van der Waals surface area contributed by atoms with E-state index >= 15 is 0 Å². The summed E-state index contributed by atoms with van der Waals surface area (Å²) < 4.78 is 0. The van der Waals surface area contributed by atoms with E-state index in [1.54, 1.807) is 25.5 Å². The van der Waals surface area contributed by atoms with Crippen LogP contribution in [0.2, 0.25) is 0 Å². The molecule has 1 atom stereocenters. The Kier molecular flexibility index (Phi) is 4.36. The molecule has 0 aliphatic carbocycles. The number of nitro groups is 1. The molecule has 1 aromatic heterocycles. The van der Waals surface area contributed by atoms with Crippen LogP contribution in [0.25, 0.3) is 0 Å². The highest BCUT2D eigenvalue weighted by molar-refractivity contribution is 5.95. The minimum atomic E-state index is -0.726. The molecule has 7 heteroatoms. The fourth-order valence-electron chi connectivity index (χ4n) is 2.03. The molecule has 0 saturated carbocycles. The van der Waals surface area contributed by atoms with E-state index in [1.807, 2.05) is 13.0 Å². The van der Waals surface area contributed by atoms with E-state index in [4.69, 9.17) is 0 Å². The number of nitrogens with zero attached hydrogens (tertiary/aromatic N) is 3. The molecule has 0 aliphatic rings. The molecule has 22 heavy (non-hydrogen) atoms. The van der Waals surface area contributed by atoms with Crippen LogP contribution in [0.5, 0.6) is 5.75 Å². The number of amides is 1. The summed E-state index contributed by atoms with van der Waals surface area (Å²) in [5, 5.41) is 20.3. The van der Waals surface area contributed by atoms with Gasteiger partial charge in [-0.1, -0.05) is 6.07 Å². The minimum Gasteiger partial charge on any atom is -0.502 e. The quantitative estimate of drug-likeness (QED) is 0.691. The summed E-state index contributed by atoms with van der Waals surface area (Å²) in [6.45, 7) is 1.84. The van der Waals surface area contributed by atoms with Crippen molar-refractivity contribution in [2.24, 2.45) is 0 Å². The molecule has 0 spiro atoms. The summed E-state index contributed by atoms with van der Waals surface area (Å²) in [5.41, 5.74) is 0.502. The highest BCUT2D eigenvalue weighted by Gasteiger charge is 2.22. The lowest BCUT2D eigenvalue weighted by atomic mass is 10.1. The Morgan fingerprint density at radius 3 is 2.73 bits per heavy atom. The number of aromatic nitrogens is 1. The monoisotopic (exact) mass is 301 g/mol. The zero-order valence-electron chi connectivity index (χ0n) is 12.1. The molecule has 0 saturated heterocycles. The molecule has 0 bridgehead atoms. The summed E-state index contributed by atoms with van der Waals surface area (Å²) in [6.07, 6.45) is 3.30. The molecule has 1 heterocycles. The highest BCUT2D eigenvalue weighted by Crippen LogP contribution is 2.28. The number of aromatic hydroxyl groups is 1. The first-order valence-corrected chi connectivity index (χ1v) is 6.56. The molecule has 1 amide bonds. The smallest absolute Gasteiger partial charge is 0.311 e. The molecule has 0 fully saturated rings. The summed E-state index contributed by atoms with van der Waals surface area (Å²) in [7, 11) is 1.61. The second-order valence-electron chi connectivity index (χ2n) is 4.84. The molecule has 114 valence electrons. The normalized spacial score (nSPS) is 11.7. The van der Waals surface area contributed by atoms with Crippen molar-refractivity contribution < 1.29 is 14.8 Å². The van der Waals surface area contributed by atoms with Crippen LogP contribution in [-0.2, 0) is 0 Å². The molecule has 0 aliphatic heterocycles. The number of phenolic OH excluding ortho intramolecular Hbond substituents is 1. The van der Waals surface area contributed by atoms with Gasteiger partial charge in [0, 0.05) is 31.1 Å². The van der Waals surface area contributed by atoms with E-state index in [-0.39, 0.29) is 17.5 Å². The lowest BCUT2D eigenvalue weighted by Crippen LogP contribution is -2.29. The fourth-order valence-corrected chi connectivity index (χ4v) is 2.03. The predicted molar refractivity (Wildman–Crippen MR) is 79.5 cm³/mol. The second kappa shape index (κ2) is 6.21. The van der Waals surface area contributed by atoms with Crippen molar-refractivity contribution >= 4 is 11.6 Å². The van der Waals surface area contributed by atoms with Gasteiger partial charge < -0.3 is 10.0 Å². The Labute approximate surface area is 127 Å². The van der Waals surface area contributed by atoms with Crippen molar-refractivity contribution in [1.29, 1.82) is 0 Å². The third-order valence-electron chi connectivity index (χ3n) is 3.49. The molecule has 1 N–H and O–H groups in total. The average molecular weight is 301 g/mol. The van der Waals surface area contributed by atoms with Crippen LogP contribution in [-0.4, -0.2) is 32.9 Å². The van der Waals surface area contributed by atoms with Gasteiger partial charge in [-0.15, -0.1) is 0 Å². The van der Waals surface area contributed by atoms with Crippen LogP contribution in [0.3, 0.4) is 0 Å². The largest absolute Gasteiger partial charge is 0.502 e. The van der Waals surface area contributed by atoms with Gasteiger partial charge in [-0.05, 0) is 30.7 Å². The van der Waals surface area contributed by atoms with E-state index in [9.17, 15) is 20.0 Å². The van der Waals surface area contributed by atoms with Crippen molar-refractivity contribution in [3.8, 4) is 5.75 Å². The van der Waals surface area contributed by atoms with E-state index in [2.05, 4.69) is 4.98 Å². The average Bonchev–Trinajstić information content (AvgIpc) is 2.53. The highest BCUT2D eigenvalue weighted by atomic mass is 16.6. The SMILES string of the molecule is C[C@H](c1cccnc1)N(C)C(=O)c1ccc(O)c([N+](=O)[O-])c1. The first kappa shape index (κ1) is 15.4. The maximum Gasteiger partial charge on any atom is 0.311 e. The van der Waals surface area contributed by atoms with Crippen molar-refractivity contribution in [3.63, 3.8) is 0 Å². The Morgan fingerprint density at radius 2 is 2.14 bits per heavy atom. The Hall–Kier alpha value is -2.96. The van der Waals surface area contributed by atoms with Crippen molar-refractivity contribution in [2.75, 3.05) is 7.05 Å². The summed E-state index contributed by atoms with van der Waals surface area (Å²) >= 11 is 0. The molecular weight excluding hydrogens is 286 g/mol. The molecule has 1 aromatic carbocycles. The number of phenols is 1. The number of hydrogen-bond donors (Lipinski definition) is 1. The third-order valence-corrected chi connectivity index (χ3v) is 3.49. The second-order valence-corrected chi connectivity index (χ2v) is 4.84. The number of nitro benzene ring substituents is 1. The predicted octanol–water partition coefficient (Wildman–Crippen LogP) is 2.53. The van der Waals surface area contributed by atoms with Crippen LogP contribution in [0, 0.1) is 10.1 Å². The van der Waals surface area contributed by atoms with Gasteiger partial charge in [-0.2, -0.15) is 0 Å². The number of rotatable bonds is 4. The first-order valence-electron chi connectivity index (χ1n) is 6.56. The van der Waals surface area contributed by atoms with Gasteiger partial charge in [0.25, 0.3) is 5.91 Å². The molecule has 7 nitrogen and oxygen atoms in total. The van der Waals surface area contributed by atoms with Crippen LogP contribution >= 0.6 is 0 Å². The summed E-state index contributed by atoms with van der Waals surface area (Å²) in [6, 6.07) is 6.96. The zero-order chi connectivity index (χ0) is 16.3. The van der Waals surface area contributed by atoms with Crippen LogP contribution in [0.4, 0.5) is 5.69 Å². The lowest BCUT2D eigenvalue weighted by molar-refractivity contribution is -0.385. The van der Waals surface area contributed by atoms with E-state index in [1.165, 1.54) is 11.0 Å². The van der Waals surface area contributed by atoms with E-state index < -0.39 is 16.4 Å². The Morgan fingerprint density at radius 1 is 1.41 bits per heavy atom. The van der Waals surface area contributed by atoms with E-state index in [0.717, 1.165) is 17.7 Å². The van der Waals surface area contributed by atoms with Gasteiger partial charge in [0.1, 0.15) is 0 Å². The van der Waals surface area contributed by atoms with Gasteiger partial charge in [0.05, 0.1) is 11.0 Å². The topological polar surface area (TPSA) is 96.6 Å². The van der Waals surface area contributed by atoms with Gasteiger partial charge in [0.15, 0.2) is 5.75 Å². The van der Waals surface area contributed by atoms with Crippen molar-refractivity contribution in [2.45, 2.75) is 13.0 Å². The Bertz CT molecular complexity index is 703. The summed E-state index contributed by atoms with van der Waals surface area (Å²) in [4.78, 5) is 28.0. The van der Waals surface area contributed by atoms with Gasteiger partial charge in [0.2, 0.25) is 0 Å². The van der Waals surface area contributed by atoms with Crippen LogP contribution in [0.1, 0.15) is 28.9 Å².